The van der Waals surface area contributed by atoms with E-state index in [9.17, 15) is 14.4 Å². The van der Waals surface area contributed by atoms with E-state index >= 15 is 0 Å². The van der Waals surface area contributed by atoms with E-state index in [2.05, 4.69) is 31.4 Å². The number of rotatable bonds is 7. The van der Waals surface area contributed by atoms with Crippen LogP contribution in [-0.4, -0.2) is 42.4 Å². The van der Waals surface area contributed by atoms with Gasteiger partial charge in [-0.3, -0.25) is 9.59 Å². The summed E-state index contributed by atoms with van der Waals surface area (Å²) in [7, 11) is 0. The van der Waals surface area contributed by atoms with Crippen LogP contribution in [0.1, 0.15) is 54.4 Å². The monoisotopic (exact) mass is 340 g/mol. The Balaban J connectivity index is 3.07. The zero-order chi connectivity index (χ0) is 18.5. The highest BCUT2D eigenvalue weighted by Crippen LogP contribution is 2.38. The van der Waals surface area contributed by atoms with E-state index in [4.69, 9.17) is 4.74 Å². The van der Waals surface area contributed by atoms with Gasteiger partial charge in [0.25, 0.3) is 5.91 Å². The van der Waals surface area contributed by atoms with Crippen LogP contribution in [0.15, 0.2) is 0 Å². The molecule has 0 aromatic carbocycles. The Morgan fingerprint density at radius 1 is 1.38 bits per heavy atom. The Morgan fingerprint density at radius 3 is 2.50 bits per heavy atom. The van der Waals surface area contributed by atoms with Crippen molar-refractivity contribution in [2.75, 3.05) is 6.54 Å². The Labute approximate surface area is 145 Å². The maximum absolute atomic E-state index is 12.5. The van der Waals surface area contributed by atoms with Crippen LogP contribution in [0.25, 0.3) is 0 Å². The van der Waals surface area contributed by atoms with Gasteiger partial charge in [-0.25, -0.2) is 0 Å². The summed E-state index contributed by atoms with van der Waals surface area (Å²) in [5.74, 6) is 0.313. The van der Waals surface area contributed by atoms with E-state index < -0.39 is 5.60 Å². The van der Waals surface area contributed by atoms with Gasteiger partial charge in [-0.2, -0.15) is 0 Å². The van der Waals surface area contributed by atoms with Gasteiger partial charge in [-0.15, -0.1) is 0 Å². The molecule has 0 aliphatic carbocycles. The first kappa shape index (κ1) is 20.6. The number of carbonyl (C=O) groups is 3. The van der Waals surface area contributed by atoms with Gasteiger partial charge in [0.05, 0.1) is 18.7 Å². The summed E-state index contributed by atoms with van der Waals surface area (Å²) in [5.41, 5.74) is -0.996. The molecule has 138 valence electrons. The van der Waals surface area contributed by atoms with Crippen LogP contribution in [0.5, 0.6) is 0 Å². The summed E-state index contributed by atoms with van der Waals surface area (Å²) < 4.78 is 6.26. The van der Waals surface area contributed by atoms with Crippen LogP contribution >= 0.6 is 0 Å². The Bertz CT molecular complexity index is 468. The van der Waals surface area contributed by atoms with Crippen LogP contribution in [0, 0.1) is 17.8 Å². The van der Waals surface area contributed by atoms with Crippen molar-refractivity contribution in [3.05, 3.63) is 0 Å². The number of amides is 2. The smallest absolute Gasteiger partial charge is 0.252 e. The third-order valence-electron chi connectivity index (χ3n) is 5.33. The fraction of sp³-hybridized carbons (Fsp3) is 0.833. The van der Waals surface area contributed by atoms with Crippen LogP contribution in [0.2, 0.25) is 0 Å². The van der Waals surface area contributed by atoms with Gasteiger partial charge < -0.3 is 20.2 Å². The minimum absolute atomic E-state index is 0.0210. The molecular formula is C18H32N2O4. The summed E-state index contributed by atoms with van der Waals surface area (Å²) in [6.45, 7) is 11.7. The SMILES string of the molecule is CCC(C)C(C)C1OC(C)(C(=O)NCC=O)CC(C)C1NC(C)=O. The zero-order valence-electron chi connectivity index (χ0n) is 15.7. The molecule has 1 heterocycles. The highest BCUT2D eigenvalue weighted by molar-refractivity contribution is 5.86. The van der Waals surface area contributed by atoms with Gasteiger partial charge in [0, 0.05) is 6.92 Å². The van der Waals surface area contributed by atoms with E-state index in [1.165, 1.54) is 6.92 Å². The summed E-state index contributed by atoms with van der Waals surface area (Å²) in [5, 5.41) is 5.61. The van der Waals surface area contributed by atoms with Crippen molar-refractivity contribution in [2.24, 2.45) is 17.8 Å². The highest BCUT2D eigenvalue weighted by atomic mass is 16.5. The predicted octanol–water partition coefficient (Wildman–Crippen LogP) is 1.67. The predicted molar refractivity (Wildman–Crippen MR) is 92.4 cm³/mol. The average molecular weight is 340 g/mol. The first-order chi connectivity index (χ1) is 11.2. The van der Waals surface area contributed by atoms with E-state index in [1.807, 2.05) is 6.92 Å². The van der Waals surface area contributed by atoms with Crippen molar-refractivity contribution in [1.82, 2.24) is 10.6 Å². The van der Waals surface area contributed by atoms with E-state index in [-0.39, 0.29) is 42.3 Å². The van der Waals surface area contributed by atoms with Crippen molar-refractivity contribution in [2.45, 2.75) is 72.1 Å². The lowest BCUT2D eigenvalue weighted by Crippen LogP contribution is -2.63. The molecule has 6 unspecified atom stereocenters. The van der Waals surface area contributed by atoms with Crippen LogP contribution < -0.4 is 10.6 Å². The fourth-order valence-corrected chi connectivity index (χ4v) is 3.54. The minimum atomic E-state index is -0.996. The molecule has 0 aromatic rings. The van der Waals surface area contributed by atoms with Crippen molar-refractivity contribution >= 4 is 18.1 Å². The fourth-order valence-electron chi connectivity index (χ4n) is 3.54. The van der Waals surface area contributed by atoms with Gasteiger partial charge >= 0.3 is 0 Å². The van der Waals surface area contributed by atoms with Gasteiger partial charge in [0.15, 0.2) is 0 Å². The number of ether oxygens (including phenoxy) is 1. The highest BCUT2D eigenvalue weighted by Gasteiger charge is 2.49. The number of nitrogens with one attached hydrogen (secondary N) is 2. The molecule has 1 aliphatic heterocycles. The third-order valence-corrected chi connectivity index (χ3v) is 5.33. The first-order valence-electron chi connectivity index (χ1n) is 8.83. The average Bonchev–Trinajstić information content (AvgIpc) is 2.53. The van der Waals surface area contributed by atoms with Crippen LogP contribution in [-0.2, 0) is 19.1 Å². The molecule has 1 fully saturated rings. The lowest BCUT2D eigenvalue weighted by atomic mass is 9.75. The first-order valence-corrected chi connectivity index (χ1v) is 8.83. The molecule has 6 nitrogen and oxygen atoms in total. The molecule has 6 heteroatoms. The molecule has 2 amide bonds. The maximum Gasteiger partial charge on any atom is 0.252 e. The molecule has 24 heavy (non-hydrogen) atoms. The quantitative estimate of drug-likeness (QED) is 0.691. The molecule has 2 N–H and O–H groups in total. The van der Waals surface area contributed by atoms with E-state index in [0.29, 0.717) is 18.6 Å². The van der Waals surface area contributed by atoms with E-state index in [1.54, 1.807) is 6.92 Å². The van der Waals surface area contributed by atoms with Gasteiger partial charge in [-0.1, -0.05) is 34.1 Å². The lowest BCUT2D eigenvalue weighted by molar-refractivity contribution is -0.186. The van der Waals surface area contributed by atoms with Gasteiger partial charge in [0.2, 0.25) is 5.91 Å². The standard InChI is InChI=1S/C18H32N2O4/c1-7-11(2)13(4)16-15(20-14(5)22)12(3)10-18(6,24-16)17(23)19-8-9-21/h9,11-13,15-16H,7-8,10H2,1-6H3,(H,19,23)(H,20,22). The molecule has 0 saturated carbocycles. The molecule has 1 aliphatic rings. The number of hydrogen-bond donors (Lipinski definition) is 2. The second kappa shape index (κ2) is 8.60. The van der Waals surface area contributed by atoms with Crippen molar-refractivity contribution < 1.29 is 19.1 Å². The second-order valence-electron chi connectivity index (χ2n) is 7.34. The Hall–Kier alpha value is -1.43. The van der Waals surface area contributed by atoms with Crippen molar-refractivity contribution in [3.8, 4) is 0 Å². The molecule has 1 saturated heterocycles. The number of hydrogen-bond acceptors (Lipinski definition) is 4. The maximum atomic E-state index is 12.5. The van der Waals surface area contributed by atoms with Gasteiger partial charge in [-0.05, 0) is 31.1 Å². The summed E-state index contributed by atoms with van der Waals surface area (Å²) in [6, 6.07) is -0.126. The van der Waals surface area contributed by atoms with E-state index in [0.717, 1.165) is 6.42 Å². The molecule has 0 bridgehead atoms. The molecule has 1 rings (SSSR count). The summed E-state index contributed by atoms with van der Waals surface area (Å²) in [6.07, 6.45) is 1.90. The second-order valence-corrected chi connectivity index (χ2v) is 7.34. The molecule has 0 aromatic heterocycles. The Morgan fingerprint density at radius 2 is 2.00 bits per heavy atom. The molecule has 6 atom stereocenters. The summed E-state index contributed by atoms with van der Waals surface area (Å²) in [4.78, 5) is 34.6. The van der Waals surface area contributed by atoms with Crippen LogP contribution in [0.4, 0.5) is 0 Å². The summed E-state index contributed by atoms with van der Waals surface area (Å²) >= 11 is 0. The van der Waals surface area contributed by atoms with Gasteiger partial charge in [0.1, 0.15) is 11.9 Å². The van der Waals surface area contributed by atoms with Crippen molar-refractivity contribution in [3.63, 3.8) is 0 Å². The minimum Gasteiger partial charge on any atom is -0.360 e. The van der Waals surface area contributed by atoms with Crippen molar-refractivity contribution in [1.29, 1.82) is 0 Å². The molecule has 0 radical (unpaired) electrons. The number of carbonyl (C=O) groups excluding carboxylic acids is 3. The molecule has 0 spiro atoms. The normalized spacial score (nSPS) is 32.5. The third kappa shape index (κ3) is 4.79. The lowest BCUT2D eigenvalue weighted by Gasteiger charge is -2.48. The van der Waals surface area contributed by atoms with Crippen LogP contribution in [0.3, 0.4) is 0 Å². The number of aldehydes is 1. The topological polar surface area (TPSA) is 84.5 Å². The molecular weight excluding hydrogens is 308 g/mol. The largest absolute Gasteiger partial charge is 0.360 e. The zero-order valence-corrected chi connectivity index (χ0v) is 15.7. The Kier molecular flexibility index (Phi) is 7.39.